The Kier molecular flexibility index (Phi) is 12.0. The minimum absolute atomic E-state index is 0.163. The van der Waals surface area contributed by atoms with E-state index < -0.39 is 0 Å². The quantitative estimate of drug-likeness (QED) is 0.404. The van der Waals surface area contributed by atoms with Crippen LogP contribution in [0.5, 0.6) is 0 Å². The monoisotopic (exact) mass is 482 g/mol. The number of rotatable bonds is 14. The number of methoxy groups -OCH3 is 2. The zero-order valence-corrected chi connectivity index (χ0v) is 22.2. The Morgan fingerprint density at radius 1 is 0.882 bits per heavy atom. The van der Waals surface area contributed by atoms with Gasteiger partial charge in [-0.3, -0.25) is 14.6 Å². The molecule has 1 aliphatic carbocycles. The molecule has 0 spiro atoms. The third-order valence-corrected chi connectivity index (χ3v) is 7.65. The second-order valence-electron chi connectivity index (χ2n) is 11.0. The van der Waals surface area contributed by atoms with Crippen LogP contribution in [0.1, 0.15) is 46.0 Å². The molecule has 0 aromatic rings. The summed E-state index contributed by atoms with van der Waals surface area (Å²) >= 11 is 0. The number of hydrogen-bond donors (Lipinski definition) is 1. The molecule has 1 N–H and O–H groups in total. The number of nitrogens with zero attached hydrogens (tertiary/aromatic N) is 3. The molecule has 34 heavy (non-hydrogen) atoms. The maximum atomic E-state index is 12.5. The summed E-state index contributed by atoms with van der Waals surface area (Å²) in [6.07, 6.45) is 6.12. The molecular weight excluding hydrogens is 432 g/mol. The second kappa shape index (κ2) is 14.7. The van der Waals surface area contributed by atoms with Crippen molar-refractivity contribution in [3.63, 3.8) is 0 Å². The highest BCUT2D eigenvalue weighted by molar-refractivity contribution is 5.78. The molecule has 198 valence electrons. The molecule has 0 aromatic heterocycles. The van der Waals surface area contributed by atoms with Crippen molar-refractivity contribution in [2.24, 2.45) is 11.8 Å². The molecule has 3 aliphatic rings. The number of likely N-dealkylation sites (tertiary alicyclic amines) is 1. The van der Waals surface area contributed by atoms with Gasteiger partial charge in [-0.1, -0.05) is 13.8 Å². The van der Waals surface area contributed by atoms with Gasteiger partial charge in [0.15, 0.2) is 0 Å². The standard InChI is InChI=1S/C26H50N4O4/c1-21(15-22(2)20-33-4)18-29-7-5-24(6-8-29)34-25-16-23(17-25)27-26(31)19-30-11-9-28(10-12-30)13-14-32-3/h21-25H,5-20H2,1-4H3,(H,27,31). The second-order valence-corrected chi connectivity index (χ2v) is 11.0. The predicted molar refractivity (Wildman–Crippen MR) is 135 cm³/mol. The number of nitrogens with one attached hydrogen (secondary N) is 1. The van der Waals surface area contributed by atoms with E-state index in [-0.39, 0.29) is 11.9 Å². The maximum Gasteiger partial charge on any atom is 0.234 e. The Hall–Kier alpha value is -0.770. The average Bonchev–Trinajstić information content (AvgIpc) is 2.78. The van der Waals surface area contributed by atoms with Gasteiger partial charge < -0.3 is 24.4 Å². The summed E-state index contributed by atoms with van der Waals surface area (Å²) in [5, 5.41) is 3.22. The van der Waals surface area contributed by atoms with Crippen molar-refractivity contribution in [3.8, 4) is 0 Å². The molecule has 1 amide bonds. The van der Waals surface area contributed by atoms with Crippen molar-refractivity contribution in [2.75, 3.05) is 86.3 Å². The van der Waals surface area contributed by atoms with Crippen LogP contribution < -0.4 is 5.32 Å². The molecule has 2 aliphatic heterocycles. The Morgan fingerprint density at radius 2 is 1.56 bits per heavy atom. The minimum Gasteiger partial charge on any atom is -0.384 e. The van der Waals surface area contributed by atoms with E-state index >= 15 is 0 Å². The normalized spacial score (nSPS) is 27.3. The van der Waals surface area contributed by atoms with Crippen molar-refractivity contribution in [1.29, 1.82) is 0 Å². The summed E-state index contributed by atoms with van der Waals surface area (Å²) < 4.78 is 16.8. The van der Waals surface area contributed by atoms with Crippen LogP contribution in [0.4, 0.5) is 0 Å². The van der Waals surface area contributed by atoms with Crippen LogP contribution in [0.15, 0.2) is 0 Å². The third-order valence-electron chi connectivity index (χ3n) is 7.65. The zero-order valence-electron chi connectivity index (χ0n) is 22.2. The molecule has 2 heterocycles. The maximum absolute atomic E-state index is 12.5. The first-order valence-corrected chi connectivity index (χ1v) is 13.5. The number of carbonyl (C=O) groups is 1. The molecule has 0 radical (unpaired) electrons. The van der Waals surface area contributed by atoms with Gasteiger partial charge in [0, 0.05) is 79.2 Å². The molecule has 2 saturated heterocycles. The van der Waals surface area contributed by atoms with Gasteiger partial charge in [-0.15, -0.1) is 0 Å². The van der Waals surface area contributed by atoms with Gasteiger partial charge in [0.25, 0.3) is 0 Å². The fourth-order valence-electron chi connectivity index (χ4n) is 5.72. The van der Waals surface area contributed by atoms with E-state index in [0.717, 1.165) is 84.7 Å². The first kappa shape index (κ1) is 27.8. The van der Waals surface area contributed by atoms with Gasteiger partial charge in [-0.05, 0) is 43.9 Å². The molecular formula is C26H50N4O4. The lowest BCUT2D eigenvalue weighted by Gasteiger charge is -2.41. The van der Waals surface area contributed by atoms with E-state index in [4.69, 9.17) is 14.2 Å². The van der Waals surface area contributed by atoms with E-state index in [9.17, 15) is 4.79 Å². The molecule has 8 nitrogen and oxygen atoms in total. The summed E-state index contributed by atoms with van der Waals surface area (Å²) in [6.45, 7) is 15.2. The first-order chi connectivity index (χ1) is 16.4. The fourth-order valence-corrected chi connectivity index (χ4v) is 5.72. The third kappa shape index (κ3) is 9.70. The number of ether oxygens (including phenoxy) is 3. The van der Waals surface area contributed by atoms with E-state index in [1.807, 2.05) is 0 Å². The molecule has 0 aromatic carbocycles. The van der Waals surface area contributed by atoms with Crippen LogP contribution in [0.2, 0.25) is 0 Å². The van der Waals surface area contributed by atoms with Gasteiger partial charge in [0.1, 0.15) is 0 Å². The van der Waals surface area contributed by atoms with Crippen LogP contribution in [0, 0.1) is 11.8 Å². The smallest absolute Gasteiger partial charge is 0.234 e. The SMILES string of the molecule is COCCN1CCN(CC(=O)NC2CC(OC3CCN(CC(C)CC(C)COC)CC3)C2)CC1. The zero-order chi connectivity index (χ0) is 24.3. The van der Waals surface area contributed by atoms with Crippen LogP contribution >= 0.6 is 0 Å². The van der Waals surface area contributed by atoms with Gasteiger partial charge in [0.2, 0.25) is 5.91 Å². The van der Waals surface area contributed by atoms with Crippen LogP contribution in [0.3, 0.4) is 0 Å². The van der Waals surface area contributed by atoms with E-state index in [1.54, 1.807) is 14.2 Å². The average molecular weight is 483 g/mol. The Bertz CT molecular complexity index is 573. The van der Waals surface area contributed by atoms with Gasteiger partial charge in [-0.2, -0.15) is 0 Å². The summed E-state index contributed by atoms with van der Waals surface area (Å²) in [6, 6.07) is 0.288. The lowest BCUT2D eigenvalue weighted by molar-refractivity contribution is -0.127. The van der Waals surface area contributed by atoms with Crippen LogP contribution in [-0.2, 0) is 19.0 Å². The highest BCUT2D eigenvalue weighted by Crippen LogP contribution is 2.28. The van der Waals surface area contributed by atoms with Gasteiger partial charge >= 0.3 is 0 Å². The number of carbonyl (C=O) groups excluding carboxylic acids is 1. The van der Waals surface area contributed by atoms with Crippen LogP contribution in [0.25, 0.3) is 0 Å². The summed E-state index contributed by atoms with van der Waals surface area (Å²) in [4.78, 5) is 19.7. The topological polar surface area (TPSA) is 66.5 Å². The molecule has 2 atom stereocenters. The van der Waals surface area contributed by atoms with Crippen molar-refractivity contribution in [1.82, 2.24) is 20.0 Å². The van der Waals surface area contributed by atoms with E-state index in [0.29, 0.717) is 30.6 Å². The van der Waals surface area contributed by atoms with Crippen molar-refractivity contribution >= 4 is 5.91 Å². The highest BCUT2D eigenvalue weighted by Gasteiger charge is 2.34. The van der Waals surface area contributed by atoms with E-state index in [2.05, 4.69) is 33.9 Å². The molecule has 2 unspecified atom stereocenters. The van der Waals surface area contributed by atoms with Crippen molar-refractivity contribution in [3.05, 3.63) is 0 Å². The fraction of sp³-hybridized carbons (Fsp3) is 0.962. The number of piperidine rings is 1. The largest absolute Gasteiger partial charge is 0.384 e. The first-order valence-electron chi connectivity index (χ1n) is 13.5. The number of piperazine rings is 1. The Morgan fingerprint density at radius 3 is 2.21 bits per heavy atom. The Balaban J connectivity index is 1.21. The predicted octanol–water partition coefficient (Wildman–Crippen LogP) is 1.69. The Labute approximate surface area is 207 Å². The van der Waals surface area contributed by atoms with Crippen LogP contribution in [-0.4, -0.2) is 125 Å². The highest BCUT2D eigenvalue weighted by atomic mass is 16.5. The summed E-state index contributed by atoms with van der Waals surface area (Å²) in [7, 11) is 3.53. The van der Waals surface area contributed by atoms with Crippen molar-refractivity contribution < 1.29 is 19.0 Å². The lowest BCUT2D eigenvalue weighted by Crippen LogP contribution is -2.54. The molecule has 0 bridgehead atoms. The molecule has 3 fully saturated rings. The number of amides is 1. The molecule has 3 rings (SSSR count). The van der Waals surface area contributed by atoms with Gasteiger partial charge in [-0.25, -0.2) is 0 Å². The van der Waals surface area contributed by atoms with Gasteiger partial charge in [0.05, 0.1) is 25.4 Å². The molecule has 8 heteroatoms. The van der Waals surface area contributed by atoms with E-state index in [1.165, 1.54) is 13.0 Å². The summed E-state index contributed by atoms with van der Waals surface area (Å²) in [5.74, 6) is 1.50. The van der Waals surface area contributed by atoms with Crippen molar-refractivity contribution in [2.45, 2.75) is 64.2 Å². The summed E-state index contributed by atoms with van der Waals surface area (Å²) in [5.41, 5.74) is 0. The minimum atomic E-state index is 0.163. The molecule has 1 saturated carbocycles. The number of hydrogen-bond acceptors (Lipinski definition) is 7. The lowest BCUT2D eigenvalue weighted by atomic mass is 9.88.